The summed E-state index contributed by atoms with van der Waals surface area (Å²) in [6.45, 7) is 0.00122. The third kappa shape index (κ3) is 2.76. The van der Waals surface area contributed by atoms with Crippen LogP contribution in [0, 0.1) is 5.92 Å². The number of aromatic carboxylic acids is 1. The van der Waals surface area contributed by atoms with E-state index in [2.05, 4.69) is 4.74 Å². The number of anilines is 1. The van der Waals surface area contributed by atoms with E-state index in [4.69, 9.17) is 10.8 Å². The van der Waals surface area contributed by atoms with E-state index >= 15 is 0 Å². The van der Waals surface area contributed by atoms with E-state index in [0.717, 1.165) is 0 Å². The maximum absolute atomic E-state index is 12.1. The SMILES string of the molecule is COC(=O)c1ccc(C(=O)O)cc1N1CC(C(N)=O)CC1=O. The number of methoxy groups -OCH3 is 1. The predicted octanol–water partition coefficient (Wildman–Crippen LogP) is 0.00960. The van der Waals surface area contributed by atoms with Crippen LogP contribution in [0.15, 0.2) is 18.2 Å². The average molecular weight is 306 g/mol. The van der Waals surface area contributed by atoms with Gasteiger partial charge in [-0.2, -0.15) is 0 Å². The van der Waals surface area contributed by atoms with Crippen molar-refractivity contribution in [3.63, 3.8) is 0 Å². The van der Waals surface area contributed by atoms with E-state index in [9.17, 15) is 19.2 Å². The zero-order valence-electron chi connectivity index (χ0n) is 11.7. The van der Waals surface area contributed by atoms with Gasteiger partial charge in [-0.25, -0.2) is 9.59 Å². The number of amides is 2. The lowest BCUT2D eigenvalue weighted by molar-refractivity contribution is -0.123. The van der Waals surface area contributed by atoms with Crippen LogP contribution in [0.4, 0.5) is 5.69 Å². The minimum atomic E-state index is -1.20. The highest BCUT2D eigenvalue weighted by Crippen LogP contribution is 2.29. The molecule has 2 amide bonds. The largest absolute Gasteiger partial charge is 0.478 e. The first-order valence-electron chi connectivity index (χ1n) is 6.40. The second-order valence-electron chi connectivity index (χ2n) is 4.84. The minimum absolute atomic E-state index is 0.00122. The molecule has 1 aromatic rings. The maximum atomic E-state index is 12.1. The molecule has 1 aliphatic rings. The summed E-state index contributed by atoms with van der Waals surface area (Å²) in [5.74, 6) is -3.61. The van der Waals surface area contributed by atoms with Gasteiger partial charge in [0, 0.05) is 13.0 Å². The topological polar surface area (TPSA) is 127 Å². The Morgan fingerprint density at radius 1 is 1.36 bits per heavy atom. The zero-order valence-corrected chi connectivity index (χ0v) is 11.7. The predicted molar refractivity (Wildman–Crippen MR) is 74.4 cm³/mol. The van der Waals surface area contributed by atoms with Crippen molar-refractivity contribution in [2.75, 3.05) is 18.6 Å². The number of carboxylic acids is 1. The van der Waals surface area contributed by atoms with Crippen LogP contribution in [-0.4, -0.2) is 42.5 Å². The van der Waals surface area contributed by atoms with Gasteiger partial charge < -0.3 is 20.5 Å². The van der Waals surface area contributed by atoms with E-state index < -0.39 is 29.7 Å². The van der Waals surface area contributed by atoms with Gasteiger partial charge in [0.15, 0.2) is 0 Å². The van der Waals surface area contributed by atoms with Crippen molar-refractivity contribution in [2.24, 2.45) is 11.7 Å². The summed E-state index contributed by atoms with van der Waals surface area (Å²) < 4.78 is 4.63. The number of esters is 1. The smallest absolute Gasteiger partial charge is 0.339 e. The molecule has 1 unspecified atom stereocenters. The Hall–Kier alpha value is -2.90. The first-order chi connectivity index (χ1) is 10.3. The van der Waals surface area contributed by atoms with Crippen LogP contribution >= 0.6 is 0 Å². The second kappa shape index (κ2) is 5.84. The number of hydrogen-bond acceptors (Lipinski definition) is 5. The molecule has 0 spiro atoms. The fourth-order valence-corrected chi connectivity index (χ4v) is 2.30. The summed E-state index contributed by atoms with van der Waals surface area (Å²) >= 11 is 0. The van der Waals surface area contributed by atoms with E-state index in [1.807, 2.05) is 0 Å². The molecule has 8 heteroatoms. The molecule has 22 heavy (non-hydrogen) atoms. The number of carbonyl (C=O) groups excluding carboxylic acids is 3. The quantitative estimate of drug-likeness (QED) is 0.754. The number of ether oxygens (including phenoxy) is 1. The number of carbonyl (C=O) groups is 4. The molecule has 0 saturated carbocycles. The zero-order chi connectivity index (χ0) is 16.4. The lowest BCUT2D eigenvalue weighted by Gasteiger charge is -2.19. The molecule has 1 saturated heterocycles. The van der Waals surface area contributed by atoms with Crippen LogP contribution in [0.5, 0.6) is 0 Å². The lowest BCUT2D eigenvalue weighted by atomic mass is 10.1. The maximum Gasteiger partial charge on any atom is 0.339 e. The Bertz CT molecular complexity index is 669. The molecule has 2 rings (SSSR count). The minimum Gasteiger partial charge on any atom is -0.478 e. The molecule has 116 valence electrons. The van der Waals surface area contributed by atoms with Gasteiger partial charge in [0.1, 0.15) is 0 Å². The van der Waals surface area contributed by atoms with Gasteiger partial charge in [-0.05, 0) is 18.2 Å². The summed E-state index contributed by atoms with van der Waals surface area (Å²) in [5, 5.41) is 9.05. The van der Waals surface area contributed by atoms with Gasteiger partial charge >= 0.3 is 11.9 Å². The summed E-state index contributed by atoms with van der Waals surface area (Å²) in [6.07, 6.45) is -0.0761. The van der Waals surface area contributed by atoms with Crippen LogP contribution in [0.2, 0.25) is 0 Å². The van der Waals surface area contributed by atoms with Gasteiger partial charge in [-0.3, -0.25) is 9.59 Å². The van der Waals surface area contributed by atoms with E-state index in [1.54, 1.807) is 0 Å². The molecule has 1 aromatic carbocycles. The number of benzene rings is 1. The number of primary amides is 1. The molecule has 0 aliphatic carbocycles. The van der Waals surface area contributed by atoms with Gasteiger partial charge in [0.05, 0.1) is 29.8 Å². The van der Waals surface area contributed by atoms with Gasteiger partial charge in [-0.1, -0.05) is 0 Å². The first-order valence-corrected chi connectivity index (χ1v) is 6.40. The van der Waals surface area contributed by atoms with Gasteiger partial charge in [0.25, 0.3) is 0 Å². The van der Waals surface area contributed by atoms with E-state index in [-0.39, 0.29) is 29.8 Å². The van der Waals surface area contributed by atoms with Crippen molar-refractivity contribution in [1.29, 1.82) is 0 Å². The Kier molecular flexibility index (Phi) is 4.11. The Morgan fingerprint density at radius 2 is 2.05 bits per heavy atom. The van der Waals surface area contributed by atoms with Crippen molar-refractivity contribution in [1.82, 2.24) is 0 Å². The van der Waals surface area contributed by atoms with Crippen LogP contribution in [-0.2, 0) is 14.3 Å². The molecule has 1 aliphatic heterocycles. The summed E-state index contributed by atoms with van der Waals surface area (Å²) in [4.78, 5) is 47.3. The number of nitrogens with zero attached hydrogens (tertiary/aromatic N) is 1. The third-order valence-electron chi connectivity index (χ3n) is 3.47. The van der Waals surface area contributed by atoms with Crippen LogP contribution in [0.3, 0.4) is 0 Å². The highest BCUT2D eigenvalue weighted by Gasteiger charge is 2.36. The fraction of sp³-hybridized carbons (Fsp3) is 0.286. The normalized spacial score (nSPS) is 17.4. The monoisotopic (exact) mass is 306 g/mol. The molecule has 0 aromatic heterocycles. The van der Waals surface area contributed by atoms with Crippen molar-refractivity contribution in [2.45, 2.75) is 6.42 Å². The molecule has 1 fully saturated rings. The molecule has 0 bridgehead atoms. The van der Waals surface area contributed by atoms with Crippen molar-refractivity contribution in [3.8, 4) is 0 Å². The summed E-state index contributed by atoms with van der Waals surface area (Å²) in [7, 11) is 1.18. The Labute approximate surface area is 125 Å². The molecular weight excluding hydrogens is 292 g/mol. The Balaban J connectivity index is 2.49. The van der Waals surface area contributed by atoms with Crippen LogP contribution in [0.25, 0.3) is 0 Å². The molecule has 1 heterocycles. The molecule has 3 N–H and O–H groups in total. The number of hydrogen-bond donors (Lipinski definition) is 2. The van der Waals surface area contributed by atoms with Gasteiger partial charge in [0.2, 0.25) is 11.8 Å². The standard InChI is InChI=1S/C14H14N2O6/c1-22-14(21)9-3-2-7(13(19)20)4-10(9)16-6-8(12(15)18)5-11(16)17/h2-4,8H,5-6H2,1H3,(H2,15,18)(H,19,20). The van der Waals surface area contributed by atoms with Gasteiger partial charge in [-0.15, -0.1) is 0 Å². The molecular formula is C14H14N2O6. The number of rotatable bonds is 4. The van der Waals surface area contributed by atoms with Crippen molar-refractivity contribution < 1.29 is 29.0 Å². The van der Waals surface area contributed by atoms with Crippen molar-refractivity contribution >= 4 is 29.4 Å². The summed E-state index contributed by atoms with van der Waals surface area (Å²) in [6, 6.07) is 3.72. The summed E-state index contributed by atoms with van der Waals surface area (Å²) in [5.41, 5.74) is 5.26. The highest BCUT2D eigenvalue weighted by atomic mass is 16.5. The molecule has 1 atom stereocenters. The molecule has 0 radical (unpaired) electrons. The Morgan fingerprint density at radius 3 is 2.55 bits per heavy atom. The lowest BCUT2D eigenvalue weighted by Crippen LogP contribution is -2.29. The highest BCUT2D eigenvalue weighted by molar-refractivity contribution is 6.06. The number of carboxylic acid groups (broad SMARTS) is 1. The number of nitrogens with two attached hydrogens (primary N) is 1. The third-order valence-corrected chi connectivity index (χ3v) is 3.47. The fourth-order valence-electron chi connectivity index (χ4n) is 2.30. The van der Waals surface area contributed by atoms with Crippen LogP contribution in [0.1, 0.15) is 27.1 Å². The second-order valence-corrected chi connectivity index (χ2v) is 4.84. The van der Waals surface area contributed by atoms with E-state index in [0.29, 0.717) is 0 Å². The van der Waals surface area contributed by atoms with Crippen LogP contribution < -0.4 is 10.6 Å². The first kappa shape index (κ1) is 15.5. The average Bonchev–Trinajstić information content (AvgIpc) is 2.87. The molecule has 8 nitrogen and oxygen atoms in total. The van der Waals surface area contributed by atoms with Crippen molar-refractivity contribution in [3.05, 3.63) is 29.3 Å². The van der Waals surface area contributed by atoms with E-state index in [1.165, 1.54) is 30.2 Å².